The van der Waals surface area contributed by atoms with Crippen LogP contribution in [-0.2, 0) is 16.6 Å². The van der Waals surface area contributed by atoms with Crippen LogP contribution in [-0.4, -0.2) is 48.3 Å². The predicted molar refractivity (Wildman–Crippen MR) is 105 cm³/mol. The molecule has 1 amide bonds. The van der Waals surface area contributed by atoms with Crippen molar-refractivity contribution in [2.45, 2.75) is 44.3 Å². The van der Waals surface area contributed by atoms with Crippen molar-refractivity contribution < 1.29 is 13.2 Å². The Bertz CT molecular complexity index is 1000. The molecule has 3 heterocycles. The number of anilines is 1. The van der Waals surface area contributed by atoms with Crippen molar-refractivity contribution in [3.8, 4) is 0 Å². The lowest BCUT2D eigenvalue weighted by molar-refractivity contribution is 0.0658. The number of piperidine rings is 1. The number of hydrogen-bond acceptors (Lipinski definition) is 5. The second kappa shape index (κ2) is 7.21. The normalized spacial score (nSPS) is 23.7. The Labute approximate surface area is 165 Å². The van der Waals surface area contributed by atoms with Crippen LogP contribution in [0.2, 0.25) is 0 Å². The van der Waals surface area contributed by atoms with Crippen molar-refractivity contribution in [2.24, 2.45) is 5.92 Å². The molecule has 0 bridgehead atoms. The molecule has 1 saturated heterocycles. The van der Waals surface area contributed by atoms with E-state index >= 15 is 0 Å². The number of hydrogen-bond donors (Lipinski definition) is 2. The second-order valence-corrected chi connectivity index (χ2v) is 9.06. The van der Waals surface area contributed by atoms with E-state index in [0.29, 0.717) is 30.9 Å². The molecule has 2 N–H and O–H groups in total. The second-order valence-electron chi connectivity index (χ2n) is 7.38. The maximum Gasteiger partial charge on any atom is 0.257 e. The van der Waals surface area contributed by atoms with Gasteiger partial charge in [-0.2, -0.15) is 9.82 Å². The fourth-order valence-electron chi connectivity index (χ4n) is 3.99. The van der Waals surface area contributed by atoms with Gasteiger partial charge in [0.1, 0.15) is 4.90 Å². The number of nitrogens with one attached hydrogen (secondary N) is 2. The van der Waals surface area contributed by atoms with Crippen molar-refractivity contribution in [2.75, 3.05) is 18.4 Å². The van der Waals surface area contributed by atoms with Crippen LogP contribution in [0.15, 0.2) is 35.4 Å². The quantitative estimate of drug-likeness (QED) is 0.815. The van der Waals surface area contributed by atoms with E-state index in [4.69, 9.17) is 0 Å². The van der Waals surface area contributed by atoms with Gasteiger partial charge in [-0.25, -0.2) is 8.42 Å². The summed E-state index contributed by atoms with van der Waals surface area (Å²) >= 11 is 0. The van der Waals surface area contributed by atoms with Gasteiger partial charge in [0.05, 0.1) is 23.1 Å². The topological polar surface area (TPSA) is 96.3 Å². The lowest BCUT2D eigenvalue weighted by Crippen LogP contribution is -2.54. The number of rotatable bonds is 3. The molecule has 4 rings (SSSR count). The third kappa shape index (κ3) is 3.40. The zero-order valence-electron chi connectivity index (χ0n) is 16.1. The monoisotopic (exact) mass is 403 g/mol. The van der Waals surface area contributed by atoms with E-state index in [1.54, 1.807) is 29.1 Å². The van der Waals surface area contributed by atoms with Gasteiger partial charge in [0.15, 0.2) is 0 Å². The summed E-state index contributed by atoms with van der Waals surface area (Å²) in [7, 11) is -3.57. The number of sulfonamides is 1. The van der Waals surface area contributed by atoms with Gasteiger partial charge in [-0.1, -0.05) is 12.1 Å². The molecule has 1 aromatic heterocycles. The first-order valence-corrected chi connectivity index (χ1v) is 11.1. The first kappa shape index (κ1) is 18.9. The average molecular weight is 404 g/mol. The van der Waals surface area contributed by atoms with Crippen LogP contribution < -0.4 is 10.0 Å². The van der Waals surface area contributed by atoms with Crippen molar-refractivity contribution in [1.29, 1.82) is 0 Å². The molecule has 2 unspecified atom stereocenters. The number of aryl methyl sites for hydroxylation is 2. The van der Waals surface area contributed by atoms with E-state index in [9.17, 15) is 13.2 Å². The summed E-state index contributed by atoms with van der Waals surface area (Å²) in [4.78, 5) is 15.1. The fraction of sp³-hybridized carbons (Fsp3) is 0.474. The molecule has 1 fully saturated rings. The number of aromatic nitrogens is 2. The van der Waals surface area contributed by atoms with E-state index in [1.165, 1.54) is 0 Å². The number of carbonyl (C=O) groups excluding carboxylic acids is 1. The van der Waals surface area contributed by atoms with Crippen LogP contribution >= 0.6 is 0 Å². The minimum absolute atomic E-state index is 0.0117. The predicted octanol–water partition coefficient (Wildman–Crippen LogP) is 1.79. The molecule has 8 nitrogen and oxygen atoms in total. The number of benzene rings is 1. The summed E-state index contributed by atoms with van der Waals surface area (Å²) in [6, 6.07) is 6.88. The van der Waals surface area contributed by atoms with Crippen molar-refractivity contribution in [3.63, 3.8) is 0 Å². The SMILES string of the molecule is CCn1cc(C(=O)N2CCCC(C3Nc4ccccc4S(=O)(=O)N3)C2)c(C)n1. The van der Waals surface area contributed by atoms with E-state index in [1.807, 2.05) is 24.8 Å². The van der Waals surface area contributed by atoms with E-state index < -0.39 is 16.2 Å². The highest BCUT2D eigenvalue weighted by Crippen LogP contribution is 2.30. The average Bonchev–Trinajstić information content (AvgIpc) is 3.08. The molecule has 2 aromatic rings. The summed E-state index contributed by atoms with van der Waals surface area (Å²) in [5.41, 5.74) is 1.94. The molecule has 2 atom stereocenters. The number of nitrogens with zero attached hydrogens (tertiary/aromatic N) is 3. The van der Waals surface area contributed by atoms with Gasteiger partial charge < -0.3 is 10.2 Å². The summed E-state index contributed by atoms with van der Waals surface area (Å²) in [5.74, 6) is -0.0525. The van der Waals surface area contributed by atoms with Crippen molar-refractivity contribution in [1.82, 2.24) is 19.4 Å². The summed E-state index contributed by atoms with van der Waals surface area (Å²) in [6.07, 6.45) is 3.03. The Morgan fingerprint density at radius 1 is 1.32 bits per heavy atom. The molecule has 0 radical (unpaired) electrons. The third-order valence-corrected chi connectivity index (χ3v) is 6.99. The molecule has 0 aliphatic carbocycles. The largest absolute Gasteiger partial charge is 0.368 e. The van der Waals surface area contributed by atoms with Crippen molar-refractivity contribution >= 4 is 21.6 Å². The minimum atomic E-state index is -3.57. The number of carbonyl (C=O) groups is 1. The lowest BCUT2D eigenvalue weighted by atomic mass is 9.94. The van der Waals surface area contributed by atoms with Gasteiger partial charge in [-0.05, 0) is 38.8 Å². The molecular weight excluding hydrogens is 378 g/mol. The highest BCUT2D eigenvalue weighted by atomic mass is 32.2. The Hall–Kier alpha value is -2.39. The smallest absolute Gasteiger partial charge is 0.257 e. The molecular formula is C19H25N5O3S. The first-order valence-electron chi connectivity index (χ1n) is 9.60. The highest BCUT2D eigenvalue weighted by Gasteiger charge is 2.37. The lowest BCUT2D eigenvalue weighted by Gasteiger charge is -2.39. The van der Waals surface area contributed by atoms with E-state index in [2.05, 4.69) is 15.1 Å². The Balaban J connectivity index is 1.53. The van der Waals surface area contributed by atoms with Crippen LogP contribution in [0, 0.1) is 12.8 Å². The van der Waals surface area contributed by atoms with Crippen molar-refractivity contribution in [3.05, 3.63) is 41.7 Å². The molecule has 150 valence electrons. The first-order chi connectivity index (χ1) is 13.4. The maximum absolute atomic E-state index is 13.0. The summed E-state index contributed by atoms with van der Waals surface area (Å²) < 4.78 is 29.7. The van der Waals surface area contributed by atoms with Gasteiger partial charge >= 0.3 is 0 Å². The molecule has 2 aliphatic rings. The molecule has 0 saturated carbocycles. The maximum atomic E-state index is 13.0. The Kier molecular flexibility index (Phi) is 4.88. The summed E-state index contributed by atoms with van der Waals surface area (Å²) in [6.45, 7) is 5.70. The van der Waals surface area contributed by atoms with Gasteiger partial charge in [0.2, 0.25) is 10.0 Å². The van der Waals surface area contributed by atoms with Gasteiger partial charge in [-0.3, -0.25) is 9.48 Å². The standard InChI is InChI=1S/C19H25N5O3S/c1-3-24-12-15(13(2)21-24)19(25)23-10-6-7-14(11-23)18-20-16-8-4-5-9-17(16)28(26,27)22-18/h4-5,8-9,12,14,18,20,22H,3,6-7,10-11H2,1-2H3. The summed E-state index contributed by atoms with van der Waals surface area (Å²) in [5, 5.41) is 7.66. The Morgan fingerprint density at radius 3 is 2.86 bits per heavy atom. The molecule has 0 spiro atoms. The van der Waals surface area contributed by atoms with Crippen LogP contribution in [0.5, 0.6) is 0 Å². The number of likely N-dealkylation sites (tertiary alicyclic amines) is 1. The van der Waals surface area contributed by atoms with Gasteiger partial charge in [0.25, 0.3) is 5.91 Å². The number of amides is 1. The fourth-order valence-corrected chi connectivity index (χ4v) is 5.38. The molecule has 1 aromatic carbocycles. The Morgan fingerprint density at radius 2 is 2.11 bits per heavy atom. The highest BCUT2D eigenvalue weighted by molar-refractivity contribution is 7.89. The van der Waals surface area contributed by atoms with Crippen LogP contribution in [0.25, 0.3) is 0 Å². The van der Waals surface area contributed by atoms with Gasteiger partial charge in [-0.15, -0.1) is 0 Å². The van der Waals surface area contributed by atoms with Gasteiger partial charge in [0, 0.05) is 31.7 Å². The van der Waals surface area contributed by atoms with E-state index in [0.717, 1.165) is 18.5 Å². The molecule has 28 heavy (non-hydrogen) atoms. The number of para-hydroxylation sites is 1. The molecule has 2 aliphatic heterocycles. The number of fused-ring (bicyclic) bond motifs is 1. The zero-order valence-corrected chi connectivity index (χ0v) is 16.9. The zero-order chi connectivity index (χ0) is 19.9. The third-order valence-electron chi connectivity index (χ3n) is 5.49. The van der Waals surface area contributed by atoms with Crippen LogP contribution in [0.4, 0.5) is 5.69 Å². The van der Waals surface area contributed by atoms with E-state index in [-0.39, 0.29) is 16.7 Å². The van der Waals surface area contributed by atoms with Crippen LogP contribution in [0.3, 0.4) is 0 Å². The molecule has 9 heteroatoms. The van der Waals surface area contributed by atoms with Crippen LogP contribution in [0.1, 0.15) is 35.8 Å². The minimum Gasteiger partial charge on any atom is -0.368 e.